The van der Waals surface area contributed by atoms with Gasteiger partial charge in [0.1, 0.15) is 18.0 Å². The lowest BCUT2D eigenvalue weighted by molar-refractivity contribution is -0.121. The van der Waals surface area contributed by atoms with Gasteiger partial charge in [-0.3, -0.25) is 9.59 Å². The van der Waals surface area contributed by atoms with E-state index in [1.165, 1.54) is 18.2 Å². The number of hydrogen-bond acceptors (Lipinski definition) is 2. The minimum Gasteiger partial charge on any atom is -0.368 e. The number of amides is 2. The predicted molar refractivity (Wildman–Crippen MR) is 67.6 cm³/mol. The van der Waals surface area contributed by atoms with Crippen LogP contribution in [0.1, 0.15) is 16.8 Å². The fraction of sp³-hybridized carbons (Fsp3) is 0.333. The van der Waals surface area contributed by atoms with Gasteiger partial charge in [-0.05, 0) is 28.1 Å². The SMILES string of the molecule is NC(=O)[C@@H]1C[C@@H](F)CN1C(=O)c1cccc(Br)c1F. The normalized spacial score (nSPS) is 22.6. The topological polar surface area (TPSA) is 63.4 Å². The van der Waals surface area contributed by atoms with Crippen molar-refractivity contribution >= 4 is 27.7 Å². The molecule has 2 rings (SSSR count). The minimum atomic E-state index is -1.32. The molecule has 1 fully saturated rings. The number of halogens is 3. The lowest BCUT2D eigenvalue weighted by Gasteiger charge is -2.22. The van der Waals surface area contributed by atoms with Crippen LogP contribution in [0, 0.1) is 5.82 Å². The van der Waals surface area contributed by atoms with Gasteiger partial charge in [0.15, 0.2) is 0 Å². The Labute approximate surface area is 116 Å². The van der Waals surface area contributed by atoms with E-state index in [1.54, 1.807) is 0 Å². The van der Waals surface area contributed by atoms with Crippen LogP contribution in [-0.4, -0.2) is 35.5 Å². The van der Waals surface area contributed by atoms with Crippen molar-refractivity contribution in [3.8, 4) is 0 Å². The van der Waals surface area contributed by atoms with Crippen molar-refractivity contribution in [3.63, 3.8) is 0 Å². The molecular weight excluding hydrogens is 322 g/mol. The summed E-state index contributed by atoms with van der Waals surface area (Å²) in [5.74, 6) is -2.26. The summed E-state index contributed by atoms with van der Waals surface area (Å²) in [6.07, 6.45) is -1.46. The Morgan fingerprint density at radius 3 is 2.74 bits per heavy atom. The van der Waals surface area contributed by atoms with Gasteiger partial charge >= 0.3 is 0 Å². The van der Waals surface area contributed by atoms with Crippen LogP contribution >= 0.6 is 15.9 Å². The van der Waals surface area contributed by atoms with E-state index >= 15 is 0 Å². The van der Waals surface area contributed by atoms with Crippen LogP contribution in [0.3, 0.4) is 0 Å². The van der Waals surface area contributed by atoms with Gasteiger partial charge in [0, 0.05) is 6.42 Å². The average Bonchev–Trinajstić information content (AvgIpc) is 2.74. The van der Waals surface area contributed by atoms with Crippen molar-refractivity contribution in [1.29, 1.82) is 0 Å². The maximum Gasteiger partial charge on any atom is 0.257 e. The summed E-state index contributed by atoms with van der Waals surface area (Å²) in [4.78, 5) is 24.4. The molecule has 0 aromatic heterocycles. The molecule has 1 aromatic carbocycles. The van der Waals surface area contributed by atoms with E-state index in [0.717, 1.165) is 4.90 Å². The van der Waals surface area contributed by atoms with Crippen molar-refractivity contribution < 1.29 is 18.4 Å². The smallest absolute Gasteiger partial charge is 0.257 e. The van der Waals surface area contributed by atoms with Crippen molar-refractivity contribution in [2.24, 2.45) is 5.73 Å². The van der Waals surface area contributed by atoms with E-state index in [9.17, 15) is 18.4 Å². The highest BCUT2D eigenvalue weighted by Gasteiger charge is 2.39. The third-order valence-electron chi connectivity index (χ3n) is 3.02. The van der Waals surface area contributed by atoms with Crippen LogP contribution in [0.25, 0.3) is 0 Å². The number of carbonyl (C=O) groups excluding carboxylic acids is 2. The lowest BCUT2D eigenvalue weighted by Crippen LogP contribution is -2.44. The molecule has 2 atom stereocenters. The van der Waals surface area contributed by atoms with Crippen molar-refractivity contribution in [2.45, 2.75) is 18.6 Å². The molecule has 0 bridgehead atoms. The van der Waals surface area contributed by atoms with Gasteiger partial charge in [-0.25, -0.2) is 8.78 Å². The van der Waals surface area contributed by atoms with Gasteiger partial charge < -0.3 is 10.6 Å². The summed E-state index contributed by atoms with van der Waals surface area (Å²) in [6.45, 7) is -0.252. The second kappa shape index (κ2) is 5.24. The van der Waals surface area contributed by atoms with Gasteiger partial charge in [-0.2, -0.15) is 0 Å². The predicted octanol–water partition coefficient (Wildman–Crippen LogP) is 1.63. The van der Waals surface area contributed by atoms with E-state index in [-0.39, 0.29) is 23.0 Å². The van der Waals surface area contributed by atoms with Crippen molar-refractivity contribution in [3.05, 3.63) is 34.1 Å². The Balaban J connectivity index is 2.33. The fourth-order valence-corrected chi connectivity index (χ4v) is 2.47. The highest BCUT2D eigenvalue weighted by molar-refractivity contribution is 9.10. The minimum absolute atomic E-state index is 0.130. The Kier molecular flexibility index (Phi) is 3.84. The molecule has 1 aliphatic heterocycles. The third-order valence-corrected chi connectivity index (χ3v) is 3.63. The molecule has 1 aromatic rings. The van der Waals surface area contributed by atoms with Gasteiger partial charge in [0.25, 0.3) is 5.91 Å². The molecule has 0 radical (unpaired) electrons. The molecule has 4 nitrogen and oxygen atoms in total. The molecule has 2 amide bonds. The highest BCUT2D eigenvalue weighted by Crippen LogP contribution is 2.25. The van der Waals surface area contributed by atoms with Crippen LogP contribution < -0.4 is 5.73 Å². The molecule has 1 aliphatic rings. The van der Waals surface area contributed by atoms with Crippen LogP contribution in [0.4, 0.5) is 8.78 Å². The van der Waals surface area contributed by atoms with Crippen LogP contribution in [0.15, 0.2) is 22.7 Å². The third kappa shape index (κ3) is 2.60. The molecule has 0 aliphatic carbocycles. The number of carbonyl (C=O) groups is 2. The van der Waals surface area contributed by atoms with Crippen molar-refractivity contribution in [2.75, 3.05) is 6.54 Å². The first-order valence-corrected chi connectivity index (χ1v) is 6.39. The largest absolute Gasteiger partial charge is 0.368 e. The van der Waals surface area contributed by atoms with Gasteiger partial charge in [0.05, 0.1) is 16.6 Å². The molecule has 102 valence electrons. The Morgan fingerprint density at radius 1 is 1.42 bits per heavy atom. The Hall–Kier alpha value is -1.50. The maximum atomic E-state index is 13.8. The number of nitrogens with zero attached hydrogens (tertiary/aromatic N) is 1. The number of nitrogens with two attached hydrogens (primary N) is 1. The number of rotatable bonds is 2. The summed E-state index contributed by atoms with van der Waals surface area (Å²) < 4.78 is 27.3. The van der Waals surface area contributed by atoms with E-state index < -0.39 is 29.8 Å². The second-order valence-electron chi connectivity index (χ2n) is 4.31. The molecule has 1 saturated heterocycles. The van der Waals surface area contributed by atoms with Crippen LogP contribution in [-0.2, 0) is 4.79 Å². The maximum absolute atomic E-state index is 13.8. The van der Waals surface area contributed by atoms with E-state index in [4.69, 9.17) is 5.73 Å². The standard InChI is InChI=1S/C12H11BrF2N2O2/c13-8-3-1-2-7(10(8)15)12(19)17-5-6(14)4-9(17)11(16)18/h1-3,6,9H,4-5H2,(H2,16,18)/t6-,9+/m1/s1. The number of primary amides is 1. The van der Waals surface area contributed by atoms with Crippen LogP contribution in [0.5, 0.6) is 0 Å². The zero-order chi connectivity index (χ0) is 14.2. The quantitative estimate of drug-likeness (QED) is 0.894. The molecule has 7 heteroatoms. The highest BCUT2D eigenvalue weighted by atomic mass is 79.9. The van der Waals surface area contributed by atoms with E-state index in [2.05, 4.69) is 15.9 Å². The lowest BCUT2D eigenvalue weighted by atomic mass is 10.1. The fourth-order valence-electron chi connectivity index (χ4n) is 2.10. The first-order chi connectivity index (χ1) is 8.91. The average molecular weight is 333 g/mol. The summed E-state index contributed by atoms with van der Waals surface area (Å²) in [5, 5.41) is 0. The summed E-state index contributed by atoms with van der Waals surface area (Å²) >= 11 is 2.97. The first-order valence-electron chi connectivity index (χ1n) is 5.60. The molecule has 0 spiro atoms. The summed E-state index contributed by atoms with van der Waals surface area (Å²) in [6, 6.07) is 3.19. The van der Waals surface area contributed by atoms with Crippen LogP contribution in [0.2, 0.25) is 0 Å². The molecule has 1 heterocycles. The van der Waals surface area contributed by atoms with Gasteiger partial charge in [0.2, 0.25) is 5.91 Å². The Bertz CT molecular complexity index is 538. The Morgan fingerprint density at radius 2 is 2.11 bits per heavy atom. The summed E-state index contributed by atoms with van der Waals surface area (Å²) in [5.41, 5.74) is 4.92. The zero-order valence-electron chi connectivity index (χ0n) is 9.78. The van der Waals surface area contributed by atoms with Crippen molar-refractivity contribution in [1.82, 2.24) is 4.90 Å². The number of hydrogen-bond donors (Lipinski definition) is 1. The molecule has 0 saturated carbocycles. The molecule has 0 unspecified atom stereocenters. The number of benzene rings is 1. The van der Waals surface area contributed by atoms with Gasteiger partial charge in [-0.15, -0.1) is 0 Å². The molecular formula is C12H11BrF2N2O2. The zero-order valence-corrected chi connectivity index (χ0v) is 11.4. The van der Waals surface area contributed by atoms with Gasteiger partial charge in [-0.1, -0.05) is 6.07 Å². The molecule has 19 heavy (non-hydrogen) atoms. The summed E-state index contributed by atoms with van der Waals surface area (Å²) in [7, 11) is 0. The van der Waals surface area contributed by atoms with E-state index in [0.29, 0.717) is 0 Å². The number of likely N-dealkylation sites (tertiary alicyclic amines) is 1. The second-order valence-corrected chi connectivity index (χ2v) is 5.16. The van der Waals surface area contributed by atoms with E-state index in [1.807, 2.05) is 0 Å². The molecule has 2 N–H and O–H groups in total. The number of alkyl halides is 1. The first kappa shape index (κ1) is 13.9. The monoisotopic (exact) mass is 332 g/mol.